The van der Waals surface area contributed by atoms with Gasteiger partial charge in [0.1, 0.15) is 0 Å². The van der Waals surface area contributed by atoms with Crippen molar-refractivity contribution in [2.45, 2.75) is 0 Å². The minimum Gasteiger partial charge on any atom is -0.378 e. The number of ether oxygens (including phenoxy) is 3. The summed E-state index contributed by atoms with van der Waals surface area (Å²) >= 11 is 3.27. The van der Waals surface area contributed by atoms with Crippen molar-refractivity contribution in [2.75, 3.05) is 51.5 Å². The topological polar surface area (TPSA) is 65.1 Å². The third kappa shape index (κ3) is 5.10. The normalized spacial score (nSPS) is 13.7. The lowest BCUT2D eigenvalue weighted by Crippen LogP contribution is -2.33. The van der Waals surface area contributed by atoms with E-state index in [9.17, 15) is 9.59 Å². The van der Waals surface area contributed by atoms with Gasteiger partial charge in [0.2, 0.25) is 0 Å². The van der Waals surface area contributed by atoms with Gasteiger partial charge in [-0.1, -0.05) is 28.1 Å². The molecule has 1 aromatic carbocycles. The first-order valence-corrected chi connectivity index (χ1v) is 8.62. The van der Waals surface area contributed by atoms with E-state index in [1.54, 1.807) is 24.3 Å². The highest BCUT2D eigenvalue weighted by Crippen LogP contribution is 2.21. The lowest BCUT2D eigenvalue weighted by atomic mass is 10.1. The summed E-state index contributed by atoms with van der Waals surface area (Å²) in [7, 11) is 0. The number of imide groups is 1. The quantitative estimate of drug-likeness (QED) is 0.329. The molecule has 23 heavy (non-hydrogen) atoms. The third-order valence-electron chi connectivity index (χ3n) is 3.30. The Bertz CT molecular complexity index is 502. The largest absolute Gasteiger partial charge is 0.378 e. The summed E-state index contributed by atoms with van der Waals surface area (Å²) < 4.78 is 16.0. The summed E-state index contributed by atoms with van der Waals surface area (Å²) in [5.41, 5.74) is 0.925. The zero-order valence-corrected chi connectivity index (χ0v) is 14.4. The van der Waals surface area contributed by atoms with Crippen molar-refractivity contribution in [1.29, 1.82) is 0 Å². The van der Waals surface area contributed by atoms with E-state index >= 15 is 0 Å². The van der Waals surface area contributed by atoms with Crippen molar-refractivity contribution in [2.24, 2.45) is 0 Å². The van der Waals surface area contributed by atoms with Gasteiger partial charge >= 0.3 is 0 Å². The number of benzene rings is 1. The predicted molar refractivity (Wildman–Crippen MR) is 88.1 cm³/mol. The molecule has 7 heteroatoms. The summed E-state index contributed by atoms with van der Waals surface area (Å²) in [5.74, 6) is -0.510. The van der Waals surface area contributed by atoms with E-state index in [4.69, 9.17) is 14.2 Å². The van der Waals surface area contributed by atoms with Crippen LogP contribution in [0.15, 0.2) is 24.3 Å². The van der Waals surface area contributed by atoms with Gasteiger partial charge in [0.15, 0.2) is 0 Å². The summed E-state index contributed by atoms with van der Waals surface area (Å²) in [6, 6.07) is 6.84. The second-order valence-electron chi connectivity index (χ2n) is 4.83. The molecule has 0 aromatic heterocycles. The highest BCUT2D eigenvalue weighted by molar-refractivity contribution is 9.09. The lowest BCUT2D eigenvalue weighted by molar-refractivity contribution is 0.0137. The van der Waals surface area contributed by atoms with E-state index in [1.807, 2.05) is 0 Å². The maximum Gasteiger partial charge on any atom is 0.261 e. The van der Waals surface area contributed by atoms with Crippen LogP contribution in [0.2, 0.25) is 0 Å². The fourth-order valence-electron chi connectivity index (χ4n) is 2.19. The van der Waals surface area contributed by atoms with Gasteiger partial charge in [-0.3, -0.25) is 14.5 Å². The zero-order valence-electron chi connectivity index (χ0n) is 12.8. The van der Waals surface area contributed by atoms with Crippen molar-refractivity contribution in [3.05, 3.63) is 35.4 Å². The Hall–Kier alpha value is -1.28. The number of fused-ring (bicyclic) bond motifs is 1. The molecule has 1 heterocycles. The number of carbonyl (C=O) groups is 2. The first-order valence-electron chi connectivity index (χ1n) is 7.50. The monoisotopic (exact) mass is 385 g/mol. The molecule has 0 spiro atoms. The van der Waals surface area contributed by atoms with Gasteiger partial charge in [-0.15, -0.1) is 0 Å². The lowest BCUT2D eigenvalue weighted by Gasteiger charge is -2.13. The first-order chi connectivity index (χ1) is 11.3. The van der Waals surface area contributed by atoms with E-state index in [1.165, 1.54) is 4.90 Å². The smallest absolute Gasteiger partial charge is 0.261 e. The third-order valence-corrected chi connectivity index (χ3v) is 3.63. The molecule has 0 saturated heterocycles. The fraction of sp³-hybridized carbons (Fsp3) is 0.500. The number of halogens is 1. The molecule has 1 aliphatic heterocycles. The van der Waals surface area contributed by atoms with Crippen LogP contribution >= 0.6 is 15.9 Å². The highest BCUT2D eigenvalue weighted by atomic mass is 79.9. The van der Waals surface area contributed by atoms with Gasteiger partial charge in [0.05, 0.1) is 57.3 Å². The Morgan fingerprint density at radius 2 is 1.26 bits per heavy atom. The molecule has 2 amide bonds. The Balaban J connectivity index is 1.57. The second kappa shape index (κ2) is 9.77. The van der Waals surface area contributed by atoms with Crippen molar-refractivity contribution in [3.8, 4) is 0 Å². The van der Waals surface area contributed by atoms with Crippen LogP contribution in [-0.2, 0) is 14.2 Å². The van der Waals surface area contributed by atoms with Crippen LogP contribution in [0.5, 0.6) is 0 Å². The standard InChI is InChI=1S/C16H20BrNO5/c17-5-7-21-9-11-23-12-10-22-8-6-18-15(19)13-3-1-2-4-14(13)16(18)20/h1-4H,5-12H2. The average Bonchev–Trinajstić information content (AvgIpc) is 2.81. The number of carbonyl (C=O) groups excluding carboxylic acids is 2. The van der Waals surface area contributed by atoms with E-state index in [0.717, 1.165) is 5.33 Å². The van der Waals surface area contributed by atoms with E-state index in [-0.39, 0.29) is 18.4 Å². The molecule has 1 aliphatic rings. The summed E-state index contributed by atoms with van der Waals surface area (Å²) in [4.78, 5) is 25.4. The van der Waals surface area contributed by atoms with Gasteiger partial charge in [0.25, 0.3) is 11.8 Å². The summed E-state index contributed by atoms with van der Waals surface area (Å²) in [5, 5.41) is 0.813. The van der Waals surface area contributed by atoms with Gasteiger partial charge in [-0.05, 0) is 12.1 Å². The van der Waals surface area contributed by atoms with Crippen molar-refractivity contribution < 1.29 is 23.8 Å². The molecule has 1 aromatic rings. The average molecular weight is 386 g/mol. The van der Waals surface area contributed by atoms with Crippen molar-refractivity contribution >= 4 is 27.7 Å². The van der Waals surface area contributed by atoms with Crippen molar-refractivity contribution in [3.63, 3.8) is 0 Å². The minimum atomic E-state index is -0.255. The molecule has 0 bridgehead atoms. The zero-order chi connectivity index (χ0) is 16.5. The molecule has 6 nitrogen and oxygen atoms in total. The maximum absolute atomic E-state index is 12.1. The molecule has 0 saturated carbocycles. The number of hydrogen-bond donors (Lipinski definition) is 0. The molecular weight excluding hydrogens is 366 g/mol. The first kappa shape index (κ1) is 18.1. The number of rotatable bonds is 11. The molecular formula is C16H20BrNO5. The summed E-state index contributed by atoms with van der Waals surface area (Å²) in [6.45, 7) is 3.17. The number of nitrogens with zero attached hydrogens (tertiary/aromatic N) is 1. The molecule has 0 aliphatic carbocycles. The Morgan fingerprint density at radius 3 is 1.78 bits per heavy atom. The molecule has 0 fully saturated rings. The molecule has 0 radical (unpaired) electrons. The Morgan fingerprint density at radius 1 is 0.783 bits per heavy atom. The number of alkyl halides is 1. The van der Waals surface area contributed by atoms with Crippen LogP contribution in [-0.4, -0.2) is 68.2 Å². The second-order valence-corrected chi connectivity index (χ2v) is 5.63. The molecule has 2 rings (SSSR count). The highest BCUT2D eigenvalue weighted by Gasteiger charge is 2.34. The Labute approximate surface area is 143 Å². The summed E-state index contributed by atoms with van der Waals surface area (Å²) in [6.07, 6.45) is 0. The maximum atomic E-state index is 12.1. The van der Waals surface area contributed by atoms with Crippen LogP contribution in [0.25, 0.3) is 0 Å². The van der Waals surface area contributed by atoms with Gasteiger partial charge in [-0.2, -0.15) is 0 Å². The van der Waals surface area contributed by atoms with Gasteiger partial charge in [-0.25, -0.2) is 0 Å². The van der Waals surface area contributed by atoms with E-state index in [0.29, 0.717) is 50.8 Å². The van der Waals surface area contributed by atoms with Crippen LogP contribution < -0.4 is 0 Å². The van der Waals surface area contributed by atoms with E-state index < -0.39 is 0 Å². The minimum absolute atomic E-state index is 0.251. The van der Waals surface area contributed by atoms with Crippen LogP contribution in [0.1, 0.15) is 20.7 Å². The Kier molecular flexibility index (Phi) is 7.67. The SMILES string of the molecule is O=C1c2ccccc2C(=O)N1CCOCCOCCOCCBr. The van der Waals surface area contributed by atoms with Crippen LogP contribution in [0.4, 0.5) is 0 Å². The fourth-order valence-corrected chi connectivity index (χ4v) is 2.42. The number of amides is 2. The van der Waals surface area contributed by atoms with Crippen molar-refractivity contribution in [1.82, 2.24) is 4.90 Å². The van der Waals surface area contributed by atoms with E-state index in [2.05, 4.69) is 15.9 Å². The predicted octanol–water partition coefficient (Wildman–Crippen LogP) is 1.73. The molecule has 0 atom stereocenters. The van der Waals surface area contributed by atoms with Crippen LogP contribution in [0.3, 0.4) is 0 Å². The number of hydrogen-bond acceptors (Lipinski definition) is 5. The molecule has 0 N–H and O–H groups in total. The van der Waals surface area contributed by atoms with Gasteiger partial charge < -0.3 is 14.2 Å². The van der Waals surface area contributed by atoms with Gasteiger partial charge in [0, 0.05) is 5.33 Å². The van der Waals surface area contributed by atoms with Crippen LogP contribution in [0, 0.1) is 0 Å². The molecule has 0 unspecified atom stereocenters. The molecule has 126 valence electrons.